The van der Waals surface area contributed by atoms with E-state index in [2.05, 4.69) is 15.3 Å². The predicted octanol–water partition coefficient (Wildman–Crippen LogP) is 2.49. The summed E-state index contributed by atoms with van der Waals surface area (Å²) in [6, 6.07) is 7.75. The number of carbonyl (C=O) groups excluding carboxylic acids is 1. The Morgan fingerprint density at radius 2 is 1.87 bits per heavy atom. The quantitative estimate of drug-likeness (QED) is 0.863. The van der Waals surface area contributed by atoms with Gasteiger partial charge in [0.05, 0.1) is 5.69 Å². The number of hydrogen-bond donors (Lipinski definition) is 0. The second-order valence-corrected chi connectivity index (χ2v) is 6.58. The van der Waals surface area contributed by atoms with Crippen LogP contribution in [0.5, 0.6) is 5.75 Å². The zero-order valence-electron chi connectivity index (χ0n) is 13.5. The van der Waals surface area contributed by atoms with E-state index in [4.69, 9.17) is 4.74 Å². The van der Waals surface area contributed by atoms with Gasteiger partial charge in [-0.2, -0.15) is 0 Å². The molecule has 122 valence electrons. The van der Waals surface area contributed by atoms with E-state index >= 15 is 0 Å². The number of benzene rings is 1. The lowest BCUT2D eigenvalue weighted by atomic mass is 10.2. The summed E-state index contributed by atoms with van der Waals surface area (Å²) in [5.41, 5.74) is 2.23. The van der Waals surface area contributed by atoms with Gasteiger partial charge in [-0.05, 0) is 26.0 Å². The molecule has 1 aliphatic rings. The van der Waals surface area contributed by atoms with Gasteiger partial charge in [0.2, 0.25) is 0 Å². The highest BCUT2D eigenvalue weighted by atomic mass is 32.1. The largest absolute Gasteiger partial charge is 0.484 e. The Balaban J connectivity index is 1.47. The van der Waals surface area contributed by atoms with E-state index in [1.807, 2.05) is 43.0 Å². The van der Waals surface area contributed by atoms with Crippen molar-refractivity contribution >= 4 is 22.4 Å². The predicted molar refractivity (Wildman–Crippen MR) is 92.3 cm³/mol. The molecule has 5 nitrogen and oxygen atoms in total. The molecule has 0 unspecified atom stereocenters. The third kappa shape index (κ3) is 4.01. The molecule has 1 amide bonds. The van der Waals surface area contributed by atoms with Gasteiger partial charge < -0.3 is 14.5 Å². The van der Waals surface area contributed by atoms with E-state index < -0.39 is 0 Å². The van der Waals surface area contributed by atoms with Gasteiger partial charge in [-0.15, -0.1) is 11.3 Å². The number of thiazole rings is 1. The highest BCUT2D eigenvalue weighted by molar-refractivity contribution is 7.13. The van der Waals surface area contributed by atoms with Crippen LogP contribution in [-0.4, -0.2) is 48.6 Å². The molecule has 1 aromatic heterocycles. The molecule has 0 atom stereocenters. The highest BCUT2D eigenvalue weighted by Crippen LogP contribution is 2.21. The number of anilines is 1. The Bertz CT molecular complexity index is 661. The number of piperazine rings is 1. The van der Waals surface area contributed by atoms with Crippen LogP contribution in [0.3, 0.4) is 0 Å². The first-order valence-electron chi connectivity index (χ1n) is 7.76. The fourth-order valence-electron chi connectivity index (χ4n) is 2.50. The molecule has 2 heterocycles. The third-order valence-electron chi connectivity index (χ3n) is 3.89. The smallest absolute Gasteiger partial charge is 0.260 e. The maximum absolute atomic E-state index is 12.3. The third-order valence-corrected chi connectivity index (χ3v) is 4.91. The number of hydrogen-bond acceptors (Lipinski definition) is 5. The SMILES string of the molecule is Cc1ccc(OCC(=O)N2CCN(c3nc(C)cs3)CC2)cc1. The first-order chi connectivity index (χ1) is 11.1. The Kier molecular flexibility index (Phi) is 4.81. The molecule has 23 heavy (non-hydrogen) atoms. The summed E-state index contributed by atoms with van der Waals surface area (Å²) in [5, 5.41) is 3.10. The zero-order valence-corrected chi connectivity index (χ0v) is 14.3. The number of amides is 1. The molecule has 0 bridgehead atoms. The maximum atomic E-state index is 12.3. The van der Waals surface area contributed by atoms with Gasteiger partial charge >= 0.3 is 0 Å². The van der Waals surface area contributed by atoms with Crippen molar-refractivity contribution in [3.05, 3.63) is 40.9 Å². The van der Waals surface area contributed by atoms with Crippen molar-refractivity contribution in [2.24, 2.45) is 0 Å². The minimum Gasteiger partial charge on any atom is -0.484 e. The van der Waals surface area contributed by atoms with Gasteiger partial charge in [-0.1, -0.05) is 17.7 Å². The Morgan fingerprint density at radius 3 is 2.48 bits per heavy atom. The normalized spacial score (nSPS) is 14.9. The standard InChI is InChI=1S/C17H21N3O2S/c1-13-3-5-15(6-4-13)22-11-16(21)19-7-9-20(10-8-19)17-18-14(2)12-23-17/h3-6,12H,7-11H2,1-2H3. The Morgan fingerprint density at radius 1 is 1.17 bits per heavy atom. The number of ether oxygens (including phenoxy) is 1. The number of carbonyl (C=O) groups is 1. The number of aryl methyl sites for hydroxylation is 2. The van der Waals surface area contributed by atoms with Crippen molar-refractivity contribution in [3.8, 4) is 5.75 Å². The highest BCUT2D eigenvalue weighted by Gasteiger charge is 2.22. The minimum absolute atomic E-state index is 0.0422. The second kappa shape index (κ2) is 7.00. The van der Waals surface area contributed by atoms with Crippen LogP contribution >= 0.6 is 11.3 Å². The molecule has 2 aromatic rings. The molecular formula is C17H21N3O2S. The lowest BCUT2D eigenvalue weighted by Gasteiger charge is -2.34. The Labute approximate surface area is 140 Å². The number of rotatable bonds is 4. The van der Waals surface area contributed by atoms with Crippen molar-refractivity contribution in [1.29, 1.82) is 0 Å². The molecule has 1 aliphatic heterocycles. The molecule has 1 aromatic carbocycles. The van der Waals surface area contributed by atoms with E-state index in [0.717, 1.165) is 29.7 Å². The monoisotopic (exact) mass is 331 g/mol. The van der Waals surface area contributed by atoms with Gasteiger partial charge in [-0.3, -0.25) is 4.79 Å². The minimum atomic E-state index is 0.0422. The molecule has 0 N–H and O–H groups in total. The van der Waals surface area contributed by atoms with E-state index in [1.165, 1.54) is 5.56 Å². The van der Waals surface area contributed by atoms with Gasteiger partial charge in [-0.25, -0.2) is 4.98 Å². The van der Waals surface area contributed by atoms with Gasteiger partial charge in [0.25, 0.3) is 5.91 Å². The topological polar surface area (TPSA) is 45.7 Å². The molecule has 6 heteroatoms. The Hall–Kier alpha value is -2.08. The molecule has 0 spiro atoms. The van der Waals surface area contributed by atoms with Crippen LogP contribution in [-0.2, 0) is 4.79 Å². The molecule has 0 aliphatic carbocycles. The van der Waals surface area contributed by atoms with E-state index in [1.54, 1.807) is 11.3 Å². The van der Waals surface area contributed by atoms with E-state index in [9.17, 15) is 4.79 Å². The summed E-state index contributed by atoms with van der Waals surface area (Å²) < 4.78 is 5.58. The van der Waals surface area contributed by atoms with Crippen molar-refractivity contribution in [3.63, 3.8) is 0 Å². The van der Waals surface area contributed by atoms with E-state index in [-0.39, 0.29) is 12.5 Å². The summed E-state index contributed by atoms with van der Waals surface area (Å²) in [5.74, 6) is 0.779. The number of nitrogens with zero attached hydrogens (tertiary/aromatic N) is 3. The van der Waals surface area contributed by atoms with Crippen LogP contribution < -0.4 is 9.64 Å². The first-order valence-corrected chi connectivity index (χ1v) is 8.64. The fourth-order valence-corrected chi connectivity index (χ4v) is 3.36. The maximum Gasteiger partial charge on any atom is 0.260 e. The van der Waals surface area contributed by atoms with Gasteiger partial charge in [0.15, 0.2) is 11.7 Å². The van der Waals surface area contributed by atoms with Gasteiger partial charge in [0.1, 0.15) is 5.75 Å². The molecule has 3 rings (SSSR count). The van der Waals surface area contributed by atoms with E-state index in [0.29, 0.717) is 13.1 Å². The molecule has 0 saturated carbocycles. The summed E-state index contributed by atoms with van der Waals surface area (Å²) >= 11 is 1.66. The first kappa shape index (κ1) is 15.8. The van der Waals surface area contributed by atoms with Crippen LogP contribution in [0.1, 0.15) is 11.3 Å². The summed E-state index contributed by atoms with van der Waals surface area (Å²) in [6.07, 6.45) is 0. The summed E-state index contributed by atoms with van der Waals surface area (Å²) in [7, 11) is 0. The van der Waals surface area contributed by atoms with Crippen LogP contribution in [0.25, 0.3) is 0 Å². The second-order valence-electron chi connectivity index (χ2n) is 5.74. The molecule has 1 fully saturated rings. The molecular weight excluding hydrogens is 310 g/mol. The fraction of sp³-hybridized carbons (Fsp3) is 0.412. The van der Waals surface area contributed by atoms with Crippen LogP contribution in [0, 0.1) is 13.8 Å². The van der Waals surface area contributed by atoms with Gasteiger partial charge in [0, 0.05) is 31.6 Å². The van der Waals surface area contributed by atoms with Crippen molar-refractivity contribution in [1.82, 2.24) is 9.88 Å². The van der Waals surface area contributed by atoms with Crippen LogP contribution in [0.4, 0.5) is 5.13 Å². The van der Waals surface area contributed by atoms with Crippen molar-refractivity contribution in [2.75, 3.05) is 37.7 Å². The average molecular weight is 331 g/mol. The zero-order chi connectivity index (χ0) is 16.2. The van der Waals surface area contributed by atoms with Crippen LogP contribution in [0.2, 0.25) is 0 Å². The average Bonchev–Trinajstić information content (AvgIpc) is 3.01. The van der Waals surface area contributed by atoms with Crippen molar-refractivity contribution < 1.29 is 9.53 Å². The molecule has 1 saturated heterocycles. The van der Waals surface area contributed by atoms with Crippen molar-refractivity contribution in [2.45, 2.75) is 13.8 Å². The number of aromatic nitrogens is 1. The molecule has 0 radical (unpaired) electrons. The lowest BCUT2D eigenvalue weighted by molar-refractivity contribution is -0.133. The van der Waals surface area contributed by atoms with Crippen LogP contribution in [0.15, 0.2) is 29.6 Å². The lowest BCUT2D eigenvalue weighted by Crippen LogP contribution is -2.50. The summed E-state index contributed by atoms with van der Waals surface area (Å²) in [6.45, 7) is 7.20. The summed E-state index contributed by atoms with van der Waals surface area (Å²) in [4.78, 5) is 20.9.